The molecule has 1 saturated heterocycles. The zero-order valence-corrected chi connectivity index (χ0v) is 22.9. The van der Waals surface area contributed by atoms with Crippen LogP contribution in [0.4, 0.5) is 18.9 Å². The normalized spacial score (nSPS) is 24.4. The van der Waals surface area contributed by atoms with Gasteiger partial charge in [-0.15, -0.1) is 6.42 Å². The summed E-state index contributed by atoms with van der Waals surface area (Å²) in [6.45, 7) is -0.259. The van der Waals surface area contributed by atoms with E-state index in [0.717, 1.165) is 30.6 Å². The molecule has 1 aromatic carbocycles. The van der Waals surface area contributed by atoms with E-state index < -0.39 is 53.5 Å². The van der Waals surface area contributed by atoms with E-state index >= 15 is 0 Å². The minimum atomic E-state index is -5.17. The first-order valence-electron chi connectivity index (χ1n) is 13.8. The summed E-state index contributed by atoms with van der Waals surface area (Å²) in [5.41, 5.74) is -1.09. The van der Waals surface area contributed by atoms with Gasteiger partial charge in [-0.25, -0.2) is 0 Å². The summed E-state index contributed by atoms with van der Waals surface area (Å²) < 4.78 is 45.3. The second kappa shape index (κ2) is 10.9. The topological polar surface area (TPSA) is 132 Å². The minimum absolute atomic E-state index is 0.00544. The van der Waals surface area contributed by atoms with Gasteiger partial charge in [0.15, 0.2) is 5.75 Å². The highest BCUT2D eigenvalue weighted by atomic mass is 19.4. The Labute approximate surface area is 240 Å². The Balaban J connectivity index is 1.40. The van der Waals surface area contributed by atoms with Crippen LogP contribution in [0.1, 0.15) is 50.5 Å². The Morgan fingerprint density at radius 3 is 2.50 bits per heavy atom. The number of nitriles is 1. The SMILES string of the molecule is C#C[C@@H]1C[C@]2(CN1C(=O)[C@H](CC1CC1)N(C)C(=O)[C@H](CC1CC1)NC(=O)C(F)(F)F)Oc1c(C#N)cccc1NC2=O. The van der Waals surface area contributed by atoms with E-state index in [2.05, 4.69) is 11.2 Å². The molecule has 2 aliphatic heterocycles. The highest BCUT2D eigenvalue weighted by Crippen LogP contribution is 2.43. The standard InChI is InChI=1S/C29H30F3N5O5/c1-3-19-13-28(26(40)34-20-6-4-5-18(14-33)23(20)42-28)15-37(19)25(39)22(12-17-9-10-17)36(2)24(38)21(11-16-7-8-16)35-27(41)29(30,31)32/h1,4-6,16-17,19,21-22H,7-13,15H2,2H3,(H,34,40)(H,35,41)/t19-,21+,22+,28-/m1/s1. The third kappa shape index (κ3) is 5.73. The Kier molecular flexibility index (Phi) is 7.56. The van der Waals surface area contributed by atoms with E-state index in [0.29, 0.717) is 5.69 Å². The van der Waals surface area contributed by atoms with Crippen molar-refractivity contribution in [3.05, 3.63) is 23.8 Å². The van der Waals surface area contributed by atoms with E-state index in [4.69, 9.17) is 11.2 Å². The maximum absolute atomic E-state index is 14.1. The molecule has 3 fully saturated rings. The molecule has 2 heterocycles. The molecule has 1 aromatic rings. The van der Waals surface area contributed by atoms with E-state index in [-0.39, 0.29) is 49.0 Å². The fourth-order valence-electron chi connectivity index (χ4n) is 5.64. The van der Waals surface area contributed by atoms with Crippen molar-refractivity contribution in [1.29, 1.82) is 5.26 Å². The summed E-state index contributed by atoms with van der Waals surface area (Å²) in [6.07, 6.45) is 3.94. The second-order valence-electron chi connectivity index (χ2n) is 11.5. The third-order valence-corrected chi connectivity index (χ3v) is 8.38. The molecule has 4 amide bonds. The molecule has 13 heteroatoms. The molecular formula is C29H30F3N5O5. The van der Waals surface area contributed by atoms with Crippen molar-refractivity contribution < 1.29 is 37.1 Å². The van der Waals surface area contributed by atoms with Crippen molar-refractivity contribution in [3.8, 4) is 24.2 Å². The number of nitrogens with zero attached hydrogens (tertiary/aromatic N) is 3. The number of hydrogen-bond acceptors (Lipinski definition) is 6. The molecule has 2 N–H and O–H groups in total. The van der Waals surface area contributed by atoms with Crippen molar-refractivity contribution in [3.63, 3.8) is 0 Å². The zero-order chi connectivity index (χ0) is 30.4. The van der Waals surface area contributed by atoms with Gasteiger partial charge in [-0.05, 0) is 36.8 Å². The number of carbonyl (C=O) groups is 4. The fraction of sp³-hybridized carbons (Fsp3) is 0.552. The lowest BCUT2D eigenvalue weighted by Crippen LogP contribution is -2.58. The summed E-state index contributed by atoms with van der Waals surface area (Å²) >= 11 is 0. The van der Waals surface area contributed by atoms with E-state index in [1.165, 1.54) is 18.0 Å². The van der Waals surface area contributed by atoms with Gasteiger partial charge in [0.05, 0.1) is 23.8 Å². The average Bonchev–Trinajstić information content (AvgIpc) is 3.89. The van der Waals surface area contributed by atoms with Gasteiger partial charge in [0.25, 0.3) is 5.91 Å². The van der Waals surface area contributed by atoms with Gasteiger partial charge < -0.3 is 25.2 Å². The minimum Gasteiger partial charge on any atom is -0.472 e. The predicted octanol–water partition coefficient (Wildman–Crippen LogP) is 2.34. The number of likely N-dealkylation sites (N-methyl/N-ethyl adjacent to an activating group) is 1. The van der Waals surface area contributed by atoms with Gasteiger partial charge in [0.1, 0.15) is 18.2 Å². The molecule has 0 radical (unpaired) electrons. The predicted molar refractivity (Wildman–Crippen MR) is 141 cm³/mol. The maximum Gasteiger partial charge on any atom is 0.471 e. The lowest BCUT2D eigenvalue weighted by molar-refractivity contribution is -0.175. The molecule has 4 aliphatic rings. The van der Waals surface area contributed by atoms with Gasteiger partial charge in [-0.3, -0.25) is 19.2 Å². The number of amides is 4. The van der Waals surface area contributed by atoms with Crippen LogP contribution >= 0.6 is 0 Å². The van der Waals surface area contributed by atoms with Gasteiger partial charge in [0.2, 0.25) is 17.4 Å². The van der Waals surface area contributed by atoms with Crippen molar-refractivity contribution in [2.24, 2.45) is 11.8 Å². The van der Waals surface area contributed by atoms with Crippen LogP contribution in [0.5, 0.6) is 5.75 Å². The quantitative estimate of drug-likeness (QED) is 0.451. The Bertz CT molecular complexity index is 1390. The van der Waals surface area contributed by atoms with E-state index in [1.807, 2.05) is 11.4 Å². The Morgan fingerprint density at radius 1 is 1.24 bits per heavy atom. The monoisotopic (exact) mass is 585 g/mol. The number of halogens is 3. The average molecular weight is 586 g/mol. The van der Waals surface area contributed by atoms with Crippen LogP contribution in [0.2, 0.25) is 0 Å². The molecule has 2 aliphatic carbocycles. The highest BCUT2D eigenvalue weighted by Gasteiger charge is 2.56. The zero-order valence-electron chi connectivity index (χ0n) is 22.9. The number of benzene rings is 1. The van der Waals surface area contributed by atoms with Crippen LogP contribution in [-0.2, 0) is 19.2 Å². The Hall–Kier alpha value is -4.26. The lowest BCUT2D eigenvalue weighted by atomic mass is 9.96. The molecule has 4 atom stereocenters. The summed E-state index contributed by atoms with van der Waals surface area (Å²) in [6, 6.07) is 3.29. The van der Waals surface area contributed by atoms with Crippen LogP contribution in [-0.4, -0.2) is 76.9 Å². The van der Waals surface area contributed by atoms with Crippen LogP contribution in [0.25, 0.3) is 0 Å². The fourth-order valence-corrected chi connectivity index (χ4v) is 5.64. The first-order chi connectivity index (χ1) is 19.9. The molecule has 10 nitrogen and oxygen atoms in total. The lowest BCUT2D eigenvalue weighted by Gasteiger charge is -2.36. The van der Waals surface area contributed by atoms with Crippen LogP contribution < -0.4 is 15.4 Å². The molecular weight excluding hydrogens is 555 g/mol. The second-order valence-corrected chi connectivity index (χ2v) is 11.5. The number of likely N-dealkylation sites (tertiary alicyclic amines) is 1. The number of ether oxygens (including phenoxy) is 1. The largest absolute Gasteiger partial charge is 0.472 e. The van der Waals surface area contributed by atoms with Crippen molar-refractivity contribution >= 4 is 29.3 Å². The van der Waals surface area contributed by atoms with Gasteiger partial charge in [-0.2, -0.15) is 18.4 Å². The van der Waals surface area contributed by atoms with Crippen LogP contribution in [0.15, 0.2) is 18.2 Å². The summed E-state index contributed by atoms with van der Waals surface area (Å²) in [7, 11) is 1.34. The molecule has 0 unspecified atom stereocenters. The summed E-state index contributed by atoms with van der Waals surface area (Å²) in [5, 5.41) is 14.1. The number of nitrogens with one attached hydrogen (secondary N) is 2. The number of terminal acetylenes is 1. The third-order valence-electron chi connectivity index (χ3n) is 8.38. The maximum atomic E-state index is 14.1. The first kappa shape index (κ1) is 29.2. The highest BCUT2D eigenvalue weighted by molar-refractivity contribution is 6.02. The van der Waals surface area contributed by atoms with Gasteiger partial charge in [-0.1, -0.05) is 37.7 Å². The number of rotatable bonds is 8. The number of anilines is 1. The summed E-state index contributed by atoms with van der Waals surface area (Å²) in [4.78, 5) is 55.1. The molecule has 0 aromatic heterocycles. The Morgan fingerprint density at radius 2 is 1.90 bits per heavy atom. The van der Waals surface area contributed by atoms with Crippen LogP contribution in [0, 0.1) is 35.5 Å². The number of para-hydroxylation sites is 1. The molecule has 5 rings (SSSR count). The van der Waals surface area contributed by atoms with E-state index in [1.54, 1.807) is 12.1 Å². The number of alkyl halides is 3. The van der Waals surface area contributed by atoms with Gasteiger partial charge in [0, 0.05) is 13.5 Å². The number of hydrogen-bond donors (Lipinski definition) is 2. The molecule has 222 valence electrons. The first-order valence-corrected chi connectivity index (χ1v) is 13.8. The molecule has 0 bridgehead atoms. The van der Waals surface area contributed by atoms with Crippen molar-refractivity contribution in [2.75, 3.05) is 18.9 Å². The number of fused-ring (bicyclic) bond motifs is 1. The van der Waals surface area contributed by atoms with E-state index in [9.17, 15) is 37.6 Å². The van der Waals surface area contributed by atoms with Crippen molar-refractivity contribution in [1.82, 2.24) is 15.1 Å². The molecule has 2 saturated carbocycles. The van der Waals surface area contributed by atoms with Crippen molar-refractivity contribution in [2.45, 2.75) is 74.8 Å². The van der Waals surface area contributed by atoms with Crippen LogP contribution in [0.3, 0.4) is 0 Å². The molecule has 42 heavy (non-hydrogen) atoms. The summed E-state index contributed by atoms with van der Waals surface area (Å²) in [5.74, 6) is -1.31. The van der Waals surface area contributed by atoms with Gasteiger partial charge >= 0.3 is 12.1 Å². The smallest absolute Gasteiger partial charge is 0.471 e. The molecule has 1 spiro atoms. The number of carbonyl (C=O) groups excluding carboxylic acids is 4.